The number of aromatic hydroxyl groups is 1. The molecule has 0 aliphatic carbocycles. The Morgan fingerprint density at radius 3 is 1.90 bits per heavy atom. The van der Waals surface area contributed by atoms with Gasteiger partial charge in [-0.05, 0) is 78.9 Å². The second kappa shape index (κ2) is 14.1. The fraction of sp³-hybridized carbons (Fsp3) is 0.364. The van der Waals surface area contributed by atoms with E-state index in [9.17, 15) is 5.11 Å². The van der Waals surface area contributed by atoms with E-state index < -0.39 is 0 Å². The summed E-state index contributed by atoms with van der Waals surface area (Å²) in [7, 11) is 0. The van der Waals surface area contributed by atoms with Crippen molar-refractivity contribution in [3.63, 3.8) is 0 Å². The SMILES string of the molecule is CCCCC(CC)COc1ccc(-c2nc(-c3ccc(Cl)cc3)nc(-c3ccc(OCC(C)C)cc3)n2)c(O)c1. The summed E-state index contributed by atoms with van der Waals surface area (Å²) in [6, 6.07) is 20.3. The van der Waals surface area contributed by atoms with E-state index in [1.807, 2.05) is 42.5 Å². The lowest BCUT2D eigenvalue weighted by molar-refractivity contribution is 0.232. The van der Waals surface area contributed by atoms with Crippen LogP contribution in [-0.2, 0) is 0 Å². The predicted molar refractivity (Wildman–Crippen MR) is 162 cm³/mol. The number of phenolic OH excluding ortho intramolecular Hbond substituents is 1. The van der Waals surface area contributed by atoms with E-state index in [4.69, 9.17) is 36.0 Å². The Morgan fingerprint density at radius 2 is 1.32 bits per heavy atom. The van der Waals surface area contributed by atoms with E-state index in [1.54, 1.807) is 24.3 Å². The lowest BCUT2D eigenvalue weighted by atomic mass is 10.0. The highest BCUT2D eigenvalue weighted by molar-refractivity contribution is 6.30. The normalized spacial score (nSPS) is 11.9. The topological polar surface area (TPSA) is 77.4 Å². The molecule has 0 radical (unpaired) electrons. The summed E-state index contributed by atoms with van der Waals surface area (Å²) < 4.78 is 11.9. The standard InChI is InChI=1S/C33H38ClN3O3/c1-5-7-8-23(6-2)21-40-28-17-18-29(30(38)19-28)33-36-31(24-9-13-26(34)14-10-24)35-32(37-33)25-11-15-27(16-12-25)39-20-22(3)4/h9-19,22-23,38H,5-8,20-21H2,1-4H3. The fourth-order valence-electron chi connectivity index (χ4n) is 4.22. The highest BCUT2D eigenvalue weighted by Crippen LogP contribution is 2.33. The zero-order valence-corrected chi connectivity index (χ0v) is 24.5. The monoisotopic (exact) mass is 559 g/mol. The molecule has 210 valence electrons. The van der Waals surface area contributed by atoms with Gasteiger partial charge in [0.1, 0.15) is 17.2 Å². The molecule has 0 amide bonds. The molecule has 1 atom stereocenters. The summed E-state index contributed by atoms with van der Waals surface area (Å²) in [4.78, 5) is 14.2. The first-order chi connectivity index (χ1) is 19.4. The van der Waals surface area contributed by atoms with E-state index in [-0.39, 0.29) is 5.75 Å². The molecule has 7 heteroatoms. The van der Waals surface area contributed by atoms with E-state index in [1.165, 1.54) is 12.8 Å². The van der Waals surface area contributed by atoms with Crippen LogP contribution in [-0.4, -0.2) is 33.3 Å². The largest absolute Gasteiger partial charge is 0.507 e. The lowest BCUT2D eigenvalue weighted by Crippen LogP contribution is -2.11. The third kappa shape index (κ3) is 7.95. The molecule has 0 saturated heterocycles. The number of nitrogens with zero attached hydrogens (tertiary/aromatic N) is 3. The Kier molecular flexibility index (Phi) is 10.4. The Bertz CT molecular complexity index is 1380. The Hall–Kier alpha value is -3.64. The fourth-order valence-corrected chi connectivity index (χ4v) is 4.35. The highest BCUT2D eigenvalue weighted by Gasteiger charge is 2.16. The Balaban J connectivity index is 1.65. The molecule has 3 aromatic carbocycles. The van der Waals surface area contributed by atoms with E-state index >= 15 is 0 Å². The first-order valence-corrected chi connectivity index (χ1v) is 14.5. The number of halogens is 1. The van der Waals surface area contributed by atoms with Crippen LogP contribution >= 0.6 is 11.6 Å². The van der Waals surface area contributed by atoms with Gasteiger partial charge in [0.05, 0.1) is 18.8 Å². The van der Waals surface area contributed by atoms with Crippen LogP contribution in [0.15, 0.2) is 66.7 Å². The van der Waals surface area contributed by atoms with Crippen LogP contribution in [0.2, 0.25) is 5.02 Å². The number of phenols is 1. The zero-order valence-electron chi connectivity index (χ0n) is 23.7. The molecule has 4 aromatic rings. The third-order valence-electron chi connectivity index (χ3n) is 6.67. The number of benzene rings is 3. The molecule has 1 unspecified atom stereocenters. The maximum atomic E-state index is 11.0. The van der Waals surface area contributed by atoms with Gasteiger partial charge in [0.15, 0.2) is 17.5 Å². The molecule has 6 nitrogen and oxygen atoms in total. The molecule has 1 aromatic heterocycles. The Morgan fingerprint density at radius 1 is 0.750 bits per heavy atom. The van der Waals surface area contributed by atoms with Gasteiger partial charge in [-0.15, -0.1) is 0 Å². The summed E-state index contributed by atoms with van der Waals surface area (Å²) in [5.41, 5.74) is 2.11. The number of unbranched alkanes of at least 4 members (excludes halogenated alkanes) is 1. The molecule has 0 spiro atoms. The second-order valence-corrected chi connectivity index (χ2v) is 10.9. The molecular formula is C33H38ClN3O3. The summed E-state index contributed by atoms with van der Waals surface area (Å²) in [6.45, 7) is 9.89. The van der Waals surface area contributed by atoms with Crippen LogP contribution in [0.5, 0.6) is 17.2 Å². The molecule has 0 aliphatic heterocycles. The van der Waals surface area contributed by atoms with E-state index in [0.717, 1.165) is 29.7 Å². The average Bonchev–Trinajstić information content (AvgIpc) is 2.96. The summed E-state index contributed by atoms with van der Waals surface area (Å²) in [5, 5.41) is 11.6. The van der Waals surface area contributed by atoms with Crippen LogP contribution in [0.3, 0.4) is 0 Å². The molecular weight excluding hydrogens is 522 g/mol. The van der Waals surface area contributed by atoms with Crippen molar-refractivity contribution in [3.8, 4) is 51.4 Å². The minimum atomic E-state index is 0.0516. The zero-order chi connectivity index (χ0) is 28.5. The van der Waals surface area contributed by atoms with Gasteiger partial charge in [-0.1, -0.05) is 58.6 Å². The summed E-state index contributed by atoms with van der Waals surface area (Å²) in [6.07, 6.45) is 4.57. The number of ether oxygens (including phenoxy) is 2. The van der Waals surface area contributed by atoms with Crippen molar-refractivity contribution in [3.05, 3.63) is 71.8 Å². The van der Waals surface area contributed by atoms with Gasteiger partial charge in [-0.3, -0.25) is 0 Å². The van der Waals surface area contributed by atoms with Crippen molar-refractivity contribution in [1.82, 2.24) is 15.0 Å². The van der Waals surface area contributed by atoms with Gasteiger partial charge >= 0.3 is 0 Å². The molecule has 1 heterocycles. The molecule has 0 fully saturated rings. The van der Waals surface area contributed by atoms with Crippen molar-refractivity contribution < 1.29 is 14.6 Å². The first-order valence-electron chi connectivity index (χ1n) is 14.1. The minimum absolute atomic E-state index is 0.0516. The first kappa shape index (κ1) is 29.3. The maximum absolute atomic E-state index is 11.0. The minimum Gasteiger partial charge on any atom is -0.507 e. The van der Waals surface area contributed by atoms with Gasteiger partial charge < -0.3 is 14.6 Å². The predicted octanol–water partition coefficient (Wildman–Crippen LogP) is 8.86. The van der Waals surface area contributed by atoms with Gasteiger partial charge in [0.25, 0.3) is 0 Å². The van der Waals surface area contributed by atoms with Crippen molar-refractivity contribution >= 4 is 11.6 Å². The van der Waals surface area contributed by atoms with Crippen molar-refractivity contribution in [2.45, 2.75) is 53.4 Å². The van der Waals surface area contributed by atoms with Gasteiger partial charge in [-0.2, -0.15) is 0 Å². The van der Waals surface area contributed by atoms with Crippen LogP contribution in [0.1, 0.15) is 53.4 Å². The van der Waals surface area contributed by atoms with Crippen LogP contribution in [0, 0.1) is 11.8 Å². The molecule has 1 N–H and O–H groups in total. The smallest absolute Gasteiger partial charge is 0.167 e. The van der Waals surface area contributed by atoms with Crippen molar-refractivity contribution in [1.29, 1.82) is 0 Å². The molecule has 40 heavy (non-hydrogen) atoms. The molecule has 0 bridgehead atoms. The Labute approximate surface area is 242 Å². The summed E-state index contributed by atoms with van der Waals surface area (Å²) in [5.74, 6) is 3.75. The van der Waals surface area contributed by atoms with E-state index in [2.05, 4.69) is 27.7 Å². The van der Waals surface area contributed by atoms with Crippen molar-refractivity contribution in [2.24, 2.45) is 11.8 Å². The summed E-state index contributed by atoms with van der Waals surface area (Å²) >= 11 is 6.12. The molecule has 0 aliphatic rings. The highest BCUT2D eigenvalue weighted by atomic mass is 35.5. The van der Waals surface area contributed by atoms with Crippen LogP contribution in [0.4, 0.5) is 0 Å². The average molecular weight is 560 g/mol. The second-order valence-electron chi connectivity index (χ2n) is 10.4. The van der Waals surface area contributed by atoms with Crippen LogP contribution in [0.25, 0.3) is 34.2 Å². The number of rotatable bonds is 13. The van der Waals surface area contributed by atoms with Gasteiger partial charge in [-0.25, -0.2) is 15.0 Å². The van der Waals surface area contributed by atoms with E-state index in [0.29, 0.717) is 58.9 Å². The van der Waals surface area contributed by atoms with Gasteiger partial charge in [0.2, 0.25) is 0 Å². The maximum Gasteiger partial charge on any atom is 0.167 e. The number of hydrogen-bond acceptors (Lipinski definition) is 6. The van der Waals surface area contributed by atoms with Crippen LogP contribution < -0.4 is 9.47 Å². The lowest BCUT2D eigenvalue weighted by Gasteiger charge is -2.16. The third-order valence-corrected chi connectivity index (χ3v) is 6.92. The van der Waals surface area contributed by atoms with Gasteiger partial charge in [0, 0.05) is 22.2 Å². The molecule has 0 saturated carbocycles. The number of hydrogen-bond donors (Lipinski definition) is 1. The molecule has 4 rings (SSSR count). The quantitative estimate of drug-likeness (QED) is 0.176. The number of aromatic nitrogens is 3. The van der Waals surface area contributed by atoms with Crippen molar-refractivity contribution in [2.75, 3.05) is 13.2 Å².